The van der Waals surface area contributed by atoms with E-state index in [1.165, 1.54) is 12.8 Å². The Morgan fingerprint density at radius 2 is 2.08 bits per heavy atom. The Morgan fingerprint density at radius 3 is 2.67 bits per heavy atom. The first kappa shape index (κ1) is 21.1. The van der Waals surface area contributed by atoms with Gasteiger partial charge in [0, 0.05) is 29.2 Å². The van der Waals surface area contributed by atoms with Crippen LogP contribution >= 0.6 is 12.4 Å². The van der Waals surface area contributed by atoms with Crippen molar-refractivity contribution in [2.75, 3.05) is 25.1 Å². The fourth-order valence-corrected chi connectivity index (χ4v) is 3.96. The number of carbonyl (C=O) groups excluding carboxylic acids is 1. The molecule has 0 aromatic heterocycles. The van der Waals surface area contributed by atoms with Gasteiger partial charge >= 0.3 is 0 Å². The molecule has 1 amide bonds. The third-order valence-corrected chi connectivity index (χ3v) is 5.39. The molecule has 0 bridgehead atoms. The highest BCUT2D eigenvalue weighted by Crippen LogP contribution is 2.23. The Morgan fingerprint density at radius 1 is 1.38 bits per heavy atom. The lowest BCUT2D eigenvalue weighted by Gasteiger charge is -2.28. The summed E-state index contributed by atoms with van der Waals surface area (Å²) in [7, 11) is -0.954. The van der Waals surface area contributed by atoms with Gasteiger partial charge in [-0.15, -0.1) is 12.4 Å². The fraction of sp³-hybridized carbons (Fsp3) is 0.611. The van der Waals surface area contributed by atoms with Crippen molar-refractivity contribution in [2.24, 2.45) is 11.8 Å². The first-order chi connectivity index (χ1) is 11.1. The van der Waals surface area contributed by atoms with Crippen molar-refractivity contribution in [3.05, 3.63) is 35.9 Å². The molecule has 0 spiro atoms. The smallest absolute Gasteiger partial charge is 0.220 e. The molecule has 1 aromatic rings. The van der Waals surface area contributed by atoms with Crippen molar-refractivity contribution in [1.29, 1.82) is 0 Å². The van der Waals surface area contributed by atoms with Crippen LogP contribution in [0.5, 0.6) is 0 Å². The summed E-state index contributed by atoms with van der Waals surface area (Å²) in [5.41, 5.74) is 1.02. The van der Waals surface area contributed by atoms with E-state index in [1.54, 1.807) is 6.26 Å². The van der Waals surface area contributed by atoms with Crippen LogP contribution in [0.25, 0.3) is 0 Å². The monoisotopic (exact) mass is 372 g/mol. The standard InChI is InChI=1S/C18H28N2O2S.ClH/c1-14(16-9-6-10-19-12-16)11-18(21)20-17(13-23(2)22)15-7-4-3-5-8-15;/h3-5,7-8,14,16-17,19H,6,9-13H2,1-2H3,(H,20,21);1H. The first-order valence-electron chi connectivity index (χ1n) is 8.41. The summed E-state index contributed by atoms with van der Waals surface area (Å²) in [4.78, 5) is 12.4. The predicted octanol–water partition coefficient (Wildman–Crippen LogP) is 2.67. The van der Waals surface area contributed by atoms with E-state index in [9.17, 15) is 9.00 Å². The fourth-order valence-electron chi connectivity index (χ4n) is 3.22. The number of rotatable bonds is 7. The van der Waals surface area contributed by atoms with E-state index in [0.717, 1.165) is 18.7 Å². The number of piperidine rings is 1. The molecule has 24 heavy (non-hydrogen) atoms. The zero-order chi connectivity index (χ0) is 16.7. The van der Waals surface area contributed by atoms with Gasteiger partial charge in [0.15, 0.2) is 0 Å². The number of benzene rings is 1. The average molecular weight is 373 g/mol. The zero-order valence-corrected chi connectivity index (χ0v) is 16.1. The van der Waals surface area contributed by atoms with Crippen molar-refractivity contribution in [3.63, 3.8) is 0 Å². The van der Waals surface area contributed by atoms with E-state index in [4.69, 9.17) is 0 Å². The molecule has 4 unspecified atom stereocenters. The quantitative estimate of drug-likeness (QED) is 0.773. The maximum Gasteiger partial charge on any atom is 0.220 e. The van der Waals surface area contributed by atoms with Gasteiger partial charge < -0.3 is 10.6 Å². The van der Waals surface area contributed by atoms with Crippen LogP contribution in [-0.4, -0.2) is 35.2 Å². The van der Waals surface area contributed by atoms with Crippen LogP contribution in [0.15, 0.2) is 30.3 Å². The van der Waals surface area contributed by atoms with Crippen LogP contribution in [0.1, 0.15) is 37.8 Å². The van der Waals surface area contributed by atoms with Crippen LogP contribution in [-0.2, 0) is 15.6 Å². The number of amides is 1. The second kappa shape index (κ2) is 10.9. The van der Waals surface area contributed by atoms with E-state index in [2.05, 4.69) is 17.6 Å². The number of hydrogen-bond donors (Lipinski definition) is 2. The molecular formula is C18H29ClN2O2S. The van der Waals surface area contributed by atoms with Gasteiger partial charge in [-0.25, -0.2) is 0 Å². The third kappa shape index (κ3) is 6.91. The molecule has 0 saturated carbocycles. The molecule has 0 radical (unpaired) electrons. The minimum Gasteiger partial charge on any atom is -0.348 e. The lowest BCUT2D eigenvalue weighted by Crippen LogP contribution is -2.37. The molecule has 6 heteroatoms. The van der Waals surface area contributed by atoms with Crippen LogP contribution < -0.4 is 10.6 Å². The minimum absolute atomic E-state index is 0. The lowest BCUT2D eigenvalue weighted by atomic mass is 9.85. The molecule has 136 valence electrons. The van der Waals surface area contributed by atoms with Gasteiger partial charge in [-0.1, -0.05) is 37.3 Å². The molecule has 4 nitrogen and oxygen atoms in total. The highest BCUT2D eigenvalue weighted by atomic mass is 35.5. The largest absolute Gasteiger partial charge is 0.348 e. The molecule has 4 atom stereocenters. The van der Waals surface area contributed by atoms with Gasteiger partial charge in [-0.3, -0.25) is 9.00 Å². The lowest BCUT2D eigenvalue weighted by molar-refractivity contribution is -0.122. The summed E-state index contributed by atoms with van der Waals surface area (Å²) in [5, 5.41) is 6.49. The van der Waals surface area contributed by atoms with Gasteiger partial charge in [-0.2, -0.15) is 0 Å². The molecular weight excluding hydrogens is 344 g/mol. The maximum absolute atomic E-state index is 12.4. The van der Waals surface area contributed by atoms with Crippen molar-refractivity contribution in [1.82, 2.24) is 10.6 Å². The number of halogens is 1. The Balaban J connectivity index is 0.00000288. The van der Waals surface area contributed by atoms with Gasteiger partial charge in [0.1, 0.15) is 0 Å². The van der Waals surface area contributed by atoms with Gasteiger partial charge in [0.25, 0.3) is 0 Å². The average Bonchev–Trinajstić information content (AvgIpc) is 2.55. The van der Waals surface area contributed by atoms with Crippen LogP contribution in [0, 0.1) is 11.8 Å². The molecule has 1 aliphatic rings. The molecule has 1 saturated heterocycles. The van der Waals surface area contributed by atoms with Gasteiger partial charge in [-0.05, 0) is 43.3 Å². The summed E-state index contributed by atoms with van der Waals surface area (Å²) >= 11 is 0. The van der Waals surface area contributed by atoms with Crippen molar-refractivity contribution < 1.29 is 9.00 Å². The second-order valence-corrected chi connectivity index (χ2v) is 8.04. The molecule has 1 aliphatic heterocycles. The molecule has 2 N–H and O–H groups in total. The summed E-state index contributed by atoms with van der Waals surface area (Å²) in [6.07, 6.45) is 4.60. The topological polar surface area (TPSA) is 58.2 Å². The molecule has 2 rings (SSSR count). The molecule has 0 aliphatic carbocycles. The number of hydrogen-bond acceptors (Lipinski definition) is 3. The molecule has 1 fully saturated rings. The van der Waals surface area contributed by atoms with E-state index in [-0.39, 0.29) is 24.4 Å². The van der Waals surface area contributed by atoms with E-state index >= 15 is 0 Å². The highest BCUT2D eigenvalue weighted by Gasteiger charge is 2.23. The van der Waals surface area contributed by atoms with Crippen molar-refractivity contribution in [2.45, 2.75) is 32.2 Å². The van der Waals surface area contributed by atoms with Gasteiger partial charge in [0.2, 0.25) is 5.91 Å². The molecule has 1 heterocycles. The third-order valence-electron chi connectivity index (χ3n) is 4.59. The second-order valence-electron chi connectivity index (χ2n) is 6.56. The SMILES string of the molecule is CC(CC(=O)NC(CS(C)=O)c1ccccc1)C1CCCNC1.Cl. The minimum atomic E-state index is -0.954. The van der Waals surface area contributed by atoms with Crippen LogP contribution in [0.3, 0.4) is 0 Å². The van der Waals surface area contributed by atoms with E-state index < -0.39 is 10.8 Å². The maximum atomic E-state index is 12.4. The van der Waals surface area contributed by atoms with Crippen LogP contribution in [0.4, 0.5) is 0 Å². The summed E-state index contributed by atoms with van der Waals surface area (Å²) in [6.45, 7) is 4.26. The number of carbonyl (C=O) groups is 1. The Bertz CT molecular complexity index is 521. The normalized spacial score (nSPS) is 21.2. The van der Waals surface area contributed by atoms with E-state index in [0.29, 0.717) is 24.0 Å². The zero-order valence-electron chi connectivity index (χ0n) is 14.5. The van der Waals surface area contributed by atoms with Crippen LogP contribution in [0.2, 0.25) is 0 Å². The predicted molar refractivity (Wildman–Crippen MR) is 103 cm³/mol. The summed E-state index contributed by atoms with van der Waals surface area (Å²) in [6, 6.07) is 9.63. The summed E-state index contributed by atoms with van der Waals surface area (Å²) in [5.74, 6) is 1.45. The first-order valence-corrected chi connectivity index (χ1v) is 10.1. The Labute approximate surface area is 154 Å². The Kier molecular flexibility index (Phi) is 9.56. The number of nitrogens with one attached hydrogen (secondary N) is 2. The van der Waals surface area contributed by atoms with Crippen molar-refractivity contribution in [3.8, 4) is 0 Å². The van der Waals surface area contributed by atoms with Gasteiger partial charge in [0.05, 0.1) is 6.04 Å². The van der Waals surface area contributed by atoms with Crippen molar-refractivity contribution >= 4 is 29.1 Å². The molecule has 1 aromatic carbocycles. The van der Waals surface area contributed by atoms with E-state index in [1.807, 2.05) is 30.3 Å². The highest BCUT2D eigenvalue weighted by molar-refractivity contribution is 7.84. The Hall–Kier alpha value is -0.910. The summed E-state index contributed by atoms with van der Waals surface area (Å²) < 4.78 is 11.6.